The van der Waals surface area contributed by atoms with Crippen LogP contribution in [-0.2, 0) is 16.1 Å². The Morgan fingerprint density at radius 2 is 1.88 bits per heavy atom. The van der Waals surface area contributed by atoms with Crippen molar-refractivity contribution < 1.29 is 14.3 Å². The van der Waals surface area contributed by atoms with E-state index in [0.717, 1.165) is 49.2 Å². The van der Waals surface area contributed by atoms with Gasteiger partial charge in [-0.05, 0) is 29.8 Å². The van der Waals surface area contributed by atoms with E-state index < -0.39 is 0 Å². The average molecular weight is 372 g/mol. The van der Waals surface area contributed by atoms with Crippen molar-refractivity contribution in [1.29, 1.82) is 0 Å². The van der Waals surface area contributed by atoms with Crippen molar-refractivity contribution in [3.63, 3.8) is 0 Å². The minimum Gasteiger partial charge on any atom is -0.496 e. The van der Waals surface area contributed by atoms with Crippen molar-refractivity contribution in [3.05, 3.63) is 54.1 Å². The summed E-state index contributed by atoms with van der Waals surface area (Å²) in [7, 11) is 1.64. The van der Waals surface area contributed by atoms with Crippen LogP contribution in [0.3, 0.4) is 0 Å². The first-order valence-corrected chi connectivity index (χ1v) is 9.68. The lowest BCUT2D eigenvalue weighted by Gasteiger charge is -2.26. The fourth-order valence-electron chi connectivity index (χ4n) is 2.79. The number of nitrogens with zero attached hydrogens (tertiary/aromatic N) is 1. The smallest absolute Gasteiger partial charge is 0.234 e. The minimum absolute atomic E-state index is 0.0261. The van der Waals surface area contributed by atoms with Gasteiger partial charge in [-0.25, -0.2) is 0 Å². The highest BCUT2D eigenvalue weighted by Crippen LogP contribution is 2.28. The summed E-state index contributed by atoms with van der Waals surface area (Å²) in [5.41, 5.74) is 2.06. The largest absolute Gasteiger partial charge is 0.496 e. The van der Waals surface area contributed by atoms with Crippen molar-refractivity contribution in [2.75, 3.05) is 44.5 Å². The molecule has 1 aliphatic heterocycles. The molecular weight excluding hydrogens is 348 g/mol. The molecule has 0 bridgehead atoms. The fourth-order valence-corrected chi connectivity index (χ4v) is 3.62. The Bertz CT molecular complexity index is 715. The van der Waals surface area contributed by atoms with Gasteiger partial charge in [0.2, 0.25) is 5.91 Å². The van der Waals surface area contributed by atoms with Crippen LogP contribution in [0.2, 0.25) is 0 Å². The van der Waals surface area contributed by atoms with Crippen LogP contribution >= 0.6 is 11.8 Å². The molecule has 0 aliphatic carbocycles. The zero-order valence-electron chi connectivity index (χ0n) is 14.9. The van der Waals surface area contributed by atoms with Crippen LogP contribution in [0.25, 0.3) is 0 Å². The lowest BCUT2D eigenvalue weighted by Crippen LogP contribution is -2.35. The molecule has 0 saturated carbocycles. The van der Waals surface area contributed by atoms with E-state index in [4.69, 9.17) is 9.47 Å². The molecule has 26 heavy (non-hydrogen) atoms. The van der Waals surface area contributed by atoms with E-state index in [1.54, 1.807) is 7.11 Å². The summed E-state index contributed by atoms with van der Waals surface area (Å²) in [6.07, 6.45) is 0. The van der Waals surface area contributed by atoms with E-state index in [0.29, 0.717) is 5.75 Å². The highest BCUT2D eigenvalue weighted by molar-refractivity contribution is 8.00. The molecule has 6 heteroatoms. The summed E-state index contributed by atoms with van der Waals surface area (Å²) in [6.45, 7) is 4.47. The van der Waals surface area contributed by atoms with Gasteiger partial charge in [0.25, 0.3) is 0 Å². The maximum atomic E-state index is 12.2. The number of nitrogens with one attached hydrogen (secondary N) is 1. The third kappa shape index (κ3) is 5.49. The van der Waals surface area contributed by atoms with Crippen LogP contribution in [0.15, 0.2) is 53.4 Å². The number of carbonyl (C=O) groups excluding carboxylic acids is 1. The Morgan fingerprint density at radius 3 is 2.62 bits per heavy atom. The Kier molecular flexibility index (Phi) is 6.94. The summed E-state index contributed by atoms with van der Waals surface area (Å²) in [6, 6.07) is 15.8. The summed E-state index contributed by atoms with van der Waals surface area (Å²) < 4.78 is 10.7. The molecule has 3 rings (SSSR count). The van der Waals surface area contributed by atoms with Crippen molar-refractivity contribution in [3.8, 4) is 5.75 Å². The molecule has 5 nitrogen and oxygen atoms in total. The predicted octanol–water partition coefficient (Wildman–Crippen LogP) is 3.26. The van der Waals surface area contributed by atoms with Gasteiger partial charge in [0, 0.05) is 30.2 Å². The van der Waals surface area contributed by atoms with Gasteiger partial charge in [-0.15, -0.1) is 11.8 Å². The second-order valence-electron chi connectivity index (χ2n) is 6.07. The molecule has 1 fully saturated rings. The molecule has 0 atom stereocenters. The Morgan fingerprint density at radius 1 is 1.15 bits per heavy atom. The molecule has 2 aromatic carbocycles. The van der Waals surface area contributed by atoms with Gasteiger partial charge in [0.05, 0.1) is 26.1 Å². The molecule has 0 radical (unpaired) electrons. The normalized spacial score (nSPS) is 14.8. The Balaban J connectivity index is 1.48. The van der Waals surface area contributed by atoms with Gasteiger partial charge >= 0.3 is 0 Å². The third-order valence-corrected chi connectivity index (χ3v) is 5.23. The van der Waals surface area contributed by atoms with Crippen molar-refractivity contribution in [2.24, 2.45) is 0 Å². The van der Waals surface area contributed by atoms with E-state index in [1.165, 1.54) is 17.3 Å². The van der Waals surface area contributed by atoms with Gasteiger partial charge in [0.1, 0.15) is 5.75 Å². The number of rotatable bonds is 7. The maximum Gasteiger partial charge on any atom is 0.234 e. The number of benzene rings is 2. The first-order valence-electron chi connectivity index (χ1n) is 8.69. The summed E-state index contributed by atoms with van der Waals surface area (Å²) in [4.78, 5) is 15.5. The predicted molar refractivity (Wildman–Crippen MR) is 105 cm³/mol. The van der Waals surface area contributed by atoms with E-state index in [1.807, 2.05) is 36.4 Å². The second kappa shape index (κ2) is 9.62. The number of thioether (sulfide) groups is 1. The zero-order valence-corrected chi connectivity index (χ0v) is 15.8. The molecular formula is C20H24N2O3S. The van der Waals surface area contributed by atoms with Crippen molar-refractivity contribution >= 4 is 23.4 Å². The topological polar surface area (TPSA) is 50.8 Å². The lowest BCUT2D eigenvalue weighted by atomic mass is 10.2. The first-order chi connectivity index (χ1) is 12.7. The summed E-state index contributed by atoms with van der Waals surface area (Å²) in [5.74, 6) is 1.11. The van der Waals surface area contributed by atoms with Crippen LogP contribution in [0.4, 0.5) is 5.69 Å². The third-order valence-electron chi connectivity index (χ3n) is 4.18. The van der Waals surface area contributed by atoms with Gasteiger partial charge in [-0.1, -0.05) is 24.3 Å². The van der Waals surface area contributed by atoms with Crippen LogP contribution in [-0.4, -0.2) is 50.0 Å². The van der Waals surface area contributed by atoms with Crippen LogP contribution in [0.5, 0.6) is 5.75 Å². The molecule has 1 saturated heterocycles. The van der Waals surface area contributed by atoms with Crippen LogP contribution < -0.4 is 10.1 Å². The van der Waals surface area contributed by atoms with E-state index in [-0.39, 0.29) is 5.91 Å². The maximum absolute atomic E-state index is 12.2. The van der Waals surface area contributed by atoms with Gasteiger partial charge < -0.3 is 14.8 Å². The minimum atomic E-state index is -0.0261. The standard InChI is InChI=1S/C20H24N2O3S/c1-24-18-4-2-3-5-19(18)26-15-20(23)21-17-8-6-16(7-9-17)14-22-10-12-25-13-11-22/h2-9H,10-15H2,1H3,(H,21,23). The molecule has 1 N–H and O–H groups in total. The number of anilines is 1. The zero-order chi connectivity index (χ0) is 18.2. The molecule has 1 aliphatic rings. The summed E-state index contributed by atoms with van der Waals surface area (Å²) >= 11 is 1.47. The average Bonchev–Trinajstić information content (AvgIpc) is 2.69. The van der Waals surface area contributed by atoms with E-state index >= 15 is 0 Å². The van der Waals surface area contributed by atoms with Gasteiger partial charge in [-0.3, -0.25) is 9.69 Å². The molecule has 0 spiro atoms. The quantitative estimate of drug-likeness (QED) is 0.756. The number of morpholine rings is 1. The van der Waals surface area contributed by atoms with Crippen LogP contribution in [0.1, 0.15) is 5.56 Å². The molecule has 2 aromatic rings. The van der Waals surface area contributed by atoms with Crippen LogP contribution in [0, 0.1) is 0 Å². The SMILES string of the molecule is COc1ccccc1SCC(=O)Nc1ccc(CN2CCOCC2)cc1. The number of hydrogen-bond donors (Lipinski definition) is 1. The van der Waals surface area contributed by atoms with Gasteiger partial charge in [0.15, 0.2) is 0 Å². The number of para-hydroxylation sites is 1. The first kappa shape index (κ1) is 18.8. The highest BCUT2D eigenvalue weighted by atomic mass is 32.2. The van der Waals surface area contributed by atoms with Crippen molar-refractivity contribution in [1.82, 2.24) is 4.90 Å². The van der Waals surface area contributed by atoms with E-state index in [9.17, 15) is 4.79 Å². The second-order valence-corrected chi connectivity index (χ2v) is 7.09. The molecule has 0 aromatic heterocycles. The number of hydrogen-bond acceptors (Lipinski definition) is 5. The molecule has 1 heterocycles. The van der Waals surface area contributed by atoms with Crippen molar-refractivity contribution in [2.45, 2.75) is 11.4 Å². The number of amides is 1. The fraction of sp³-hybridized carbons (Fsp3) is 0.350. The van der Waals surface area contributed by atoms with Gasteiger partial charge in [-0.2, -0.15) is 0 Å². The molecule has 138 valence electrons. The highest BCUT2D eigenvalue weighted by Gasteiger charge is 2.11. The monoisotopic (exact) mass is 372 g/mol. The number of methoxy groups -OCH3 is 1. The molecule has 0 unspecified atom stereocenters. The lowest BCUT2D eigenvalue weighted by molar-refractivity contribution is -0.113. The Hall–Kier alpha value is -2.02. The number of carbonyl (C=O) groups is 1. The molecule has 1 amide bonds. The number of ether oxygens (including phenoxy) is 2. The Labute approximate surface area is 158 Å². The summed E-state index contributed by atoms with van der Waals surface area (Å²) in [5, 5.41) is 2.95. The van der Waals surface area contributed by atoms with E-state index in [2.05, 4.69) is 22.3 Å².